The summed E-state index contributed by atoms with van der Waals surface area (Å²) in [6.45, 7) is -2.48. The molecule has 0 unspecified atom stereocenters. The van der Waals surface area contributed by atoms with Crippen LogP contribution in [0.15, 0.2) is 48.5 Å². The molecule has 0 aliphatic carbocycles. The predicted molar refractivity (Wildman–Crippen MR) is 130 cm³/mol. The number of aromatic hydroxyl groups is 1. The monoisotopic (exact) mass is 628 g/mol. The van der Waals surface area contributed by atoms with Crippen molar-refractivity contribution < 1.29 is 68.1 Å². The second-order valence-corrected chi connectivity index (χ2v) is 8.65. The van der Waals surface area contributed by atoms with Crippen LogP contribution in [0.3, 0.4) is 0 Å². The molecule has 0 heterocycles. The van der Waals surface area contributed by atoms with E-state index in [0.29, 0.717) is 0 Å². The van der Waals surface area contributed by atoms with Crippen molar-refractivity contribution in [2.45, 2.75) is 31.6 Å². The number of aryl methyl sites for hydroxylation is 1. The van der Waals surface area contributed by atoms with Gasteiger partial charge in [-0.3, -0.25) is 9.59 Å². The minimum atomic E-state index is -6.66. The van der Waals surface area contributed by atoms with Gasteiger partial charge >= 0.3 is 24.6 Å². The molecule has 3 N–H and O–H groups in total. The zero-order chi connectivity index (χ0) is 32.5. The first kappa shape index (κ1) is 32.8. The number of hydrogen-bond acceptors (Lipinski definition) is 5. The van der Waals surface area contributed by atoms with E-state index < -0.39 is 76.6 Å². The number of amides is 2. The van der Waals surface area contributed by atoms with Crippen molar-refractivity contribution in [2.75, 3.05) is 17.7 Å². The predicted octanol–water partition coefficient (Wildman–Crippen LogP) is 7.24. The Balaban J connectivity index is 2.05. The van der Waals surface area contributed by atoms with Crippen LogP contribution in [0.25, 0.3) is 0 Å². The van der Waals surface area contributed by atoms with E-state index in [2.05, 4.69) is 10.1 Å². The first-order chi connectivity index (χ1) is 19.8. The summed E-state index contributed by atoms with van der Waals surface area (Å²) in [5.74, 6) is -6.48. The van der Waals surface area contributed by atoms with Gasteiger partial charge in [-0.15, -0.1) is 0 Å². The van der Waals surface area contributed by atoms with Gasteiger partial charge in [0.25, 0.3) is 11.8 Å². The maximum atomic E-state index is 14.5. The third-order valence-corrected chi connectivity index (χ3v) is 5.86. The zero-order valence-corrected chi connectivity index (χ0v) is 21.6. The minimum Gasteiger partial charge on any atom is -0.506 e. The molecule has 3 aromatic rings. The first-order valence-electron chi connectivity index (χ1n) is 11.5. The molecule has 232 valence electrons. The summed E-state index contributed by atoms with van der Waals surface area (Å²) < 4.78 is 142. The number of carbonyl (C=O) groups is 2. The summed E-state index contributed by atoms with van der Waals surface area (Å²) in [7, 11) is 1.04. The third-order valence-electron chi connectivity index (χ3n) is 5.86. The van der Waals surface area contributed by atoms with Gasteiger partial charge in [-0.25, -0.2) is 8.78 Å². The van der Waals surface area contributed by atoms with E-state index >= 15 is 0 Å². The molecule has 0 atom stereocenters. The molecule has 0 saturated carbocycles. The van der Waals surface area contributed by atoms with Gasteiger partial charge in [-0.1, -0.05) is 6.07 Å². The van der Waals surface area contributed by atoms with Gasteiger partial charge in [0.15, 0.2) is 11.5 Å². The summed E-state index contributed by atoms with van der Waals surface area (Å²) >= 11 is 0. The van der Waals surface area contributed by atoms with E-state index in [1.807, 2.05) is 0 Å². The Morgan fingerprint density at radius 1 is 0.860 bits per heavy atom. The number of benzene rings is 3. The second kappa shape index (κ2) is 11.9. The van der Waals surface area contributed by atoms with Crippen molar-refractivity contribution >= 4 is 23.2 Å². The summed E-state index contributed by atoms with van der Waals surface area (Å²) in [6.07, 6.45) is -13.3. The van der Waals surface area contributed by atoms with Gasteiger partial charge in [0, 0.05) is 11.1 Å². The Morgan fingerprint density at radius 2 is 1.47 bits per heavy atom. The highest BCUT2D eigenvalue weighted by atomic mass is 19.4. The first-order valence-corrected chi connectivity index (χ1v) is 11.5. The Labute approximate surface area is 235 Å². The van der Waals surface area contributed by atoms with Gasteiger partial charge < -0.3 is 25.2 Å². The van der Waals surface area contributed by atoms with Crippen molar-refractivity contribution in [3.63, 3.8) is 0 Å². The normalized spacial score (nSPS) is 12.2. The van der Waals surface area contributed by atoms with Crippen molar-refractivity contribution in [1.29, 1.82) is 0 Å². The van der Waals surface area contributed by atoms with Gasteiger partial charge in [0.2, 0.25) is 0 Å². The highest BCUT2D eigenvalue weighted by Gasteiger charge is 2.73. The fourth-order valence-electron chi connectivity index (χ4n) is 3.89. The molecule has 0 spiro atoms. The van der Waals surface area contributed by atoms with E-state index in [1.165, 1.54) is 25.1 Å². The topological polar surface area (TPSA) is 96.9 Å². The largest absolute Gasteiger partial charge is 0.506 e. The molecule has 2 amide bonds. The minimum absolute atomic E-state index is 0.0266. The Kier molecular flexibility index (Phi) is 9.07. The van der Waals surface area contributed by atoms with Crippen LogP contribution in [0.5, 0.6) is 17.2 Å². The summed E-state index contributed by atoms with van der Waals surface area (Å²) in [6, 6.07) is 5.97. The quantitative estimate of drug-likeness (QED) is 0.181. The van der Waals surface area contributed by atoms with Crippen LogP contribution in [-0.4, -0.2) is 43.0 Å². The molecule has 0 fully saturated rings. The van der Waals surface area contributed by atoms with Gasteiger partial charge in [-0.2, -0.15) is 35.1 Å². The number of nitrogens with one attached hydrogen (secondary N) is 2. The molecule has 0 aliphatic rings. The number of carbonyl (C=O) groups excluding carboxylic acids is 2. The van der Waals surface area contributed by atoms with Crippen molar-refractivity contribution in [2.24, 2.45) is 0 Å². The number of rotatable bonds is 8. The maximum absolute atomic E-state index is 14.5. The molecule has 0 bridgehead atoms. The van der Waals surface area contributed by atoms with Gasteiger partial charge in [0.05, 0.1) is 18.4 Å². The number of methoxy groups -OCH3 is 1. The molecule has 0 aromatic heterocycles. The highest BCUT2D eigenvalue weighted by molar-refractivity contribution is 6.11. The number of phenols is 1. The number of para-hydroxylation sites is 1. The Hall–Kier alpha value is -4.70. The van der Waals surface area contributed by atoms with Crippen LogP contribution in [0.2, 0.25) is 0 Å². The highest BCUT2D eigenvalue weighted by Crippen LogP contribution is 2.55. The Bertz CT molecular complexity index is 1530. The lowest BCUT2D eigenvalue weighted by atomic mass is 9.93. The molecule has 0 aliphatic heterocycles. The lowest BCUT2D eigenvalue weighted by Gasteiger charge is -2.31. The molecule has 0 radical (unpaired) electrons. The molecule has 3 aromatic carbocycles. The number of phenolic OH excluding ortho intramolecular Hbond substituents is 1. The van der Waals surface area contributed by atoms with Gasteiger partial charge in [-0.05, 0) is 55.0 Å². The van der Waals surface area contributed by atoms with Crippen LogP contribution < -0.4 is 20.1 Å². The molecule has 43 heavy (non-hydrogen) atoms. The Morgan fingerprint density at radius 3 is 2.00 bits per heavy atom. The van der Waals surface area contributed by atoms with E-state index in [4.69, 9.17) is 4.74 Å². The summed E-state index contributed by atoms with van der Waals surface area (Å²) in [5.41, 5.74) is -10.1. The lowest BCUT2D eigenvalue weighted by Crippen LogP contribution is -2.50. The van der Waals surface area contributed by atoms with Crippen molar-refractivity contribution in [1.82, 2.24) is 0 Å². The fraction of sp³-hybridized carbons (Fsp3) is 0.231. The van der Waals surface area contributed by atoms with Crippen LogP contribution in [0.1, 0.15) is 31.8 Å². The number of hydrogen-bond donors (Lipinski definition) is 3. The average Bonchev–Trinajstić information content (AvgIpc) is 2.87. The SMILES string of the molecule is COc1c(NC(=O)c2ccc(F)cc2C)cccc1C(=O)Nc1c(O)cc(C(F)(C(F)(F)F)C(F)(F)F)cc1OC(F)F. The number of halogens is 10. The van der Waals surface area contributed by atoms with E-state index in [9.17, 15) is 58.6 Å². The maximum Gasteiger partial charge on any atom is 0.435 e. The molecule has 7 nitrogen and oxygen atoms in total. The third kappa shape index (κ3) is 6.54. The van der Waals surface area contributed by atoms with Crippen LogP contribution >= 0.6 is 0 Å². The zero-order valence-electron chi connectivity index (χ0n) is 21.6. The van der Waals surface area contributed by atoms with Crippen LogP contribution in [0.4, 0.5) is 55.3 Å². The standard InChI is InChI=1S/C26H18F10N2O5/c1-11-8-13(27)6-7-14(11)21(40)37-16-5-3-4-15(20(16)42-2)22(41)38-19-17(39)9-12(10-18(19)43-23(28)29)24(30,25(31,32)33)26(34,35)36/h3-10,23,39H,1-2H3,(H,37,40)(H,38,41). The average molecular weight is 628 g/mol. The van der Waals surface area contributed by atoms with Gasteiger partial charge in [0.1, 0.15) is 17.3 Å². The summed E-state index contributed by atoms with van der Waals surface area (Å²) in [4.78, 5) is 25.8. The van der Waals surface area contributed by atoms with Crippen molar-refractivity contribution in [3.05, 3.63) is 76.6 Å². The molecule has 17 heteroatoms. The molecule has 3 rings (SSSR count). The van der Waals surface area contributed by atoms with E-state index in [0.717, 1.165) is 25.3 Å². The number of ether oxygens (including phenoxy) is 2. The van der Waals surface area contributed by atoms with Crippen LogP contribution in [0, 0.1) is 12.7 Å². The fourth-order valence-corrected chi connectivity index (χ4v) is 3.89. The summed E-state index contributed by atoms with van der Waals surface area (Å²) in [5, 5.41) is 14.4. The number of alkyl halides is 9. The smallest absolute Gasteiger partial charge is 0.435 e. The second-order valence-electron chi connectivity index (χ2n) is 8.65. The molecular formula is C26H18F10N2O5. The molecular weight excluding hydrogens is 610 g/mol. The van der Waals surface area contributed by atoms with Crippen molar-refractivity contribution in [3.8, 4) is 17.2 Å². The number of anilines is 2. The van der Waals surface area contributed by atoms with E-state index in [-0.39, 0.29) is 28.6 Å². The van der Waals surface area contributed by atoms with Crippen LogP contribution in [-0.2, 0) is 5.67 Å². The van der Waals surface area contributed by atoms with E-state index in [1.54, 1.807) is 5.32 Å². The lowest BCUT2D eigenvalue weighted by molar-refractivity contribution is -0.348. The molecule has 0 saturated heterocycles.